The summed E-state index contributed by atoms with van der Waals surface area (Å²) < 4.78 is 0. The standard InChI is InChI=1S/C15H21N3O3/c1-15(2)7-5-10(6-8-15)17-14(19)12-9-11(18(20)21)3-4-13(12)16/h3-4,9-10H,5-8,16H2,1-2H3,(H,17,19). The molecule has 3 N–H and O–H groups in total. The molecule has 0 aromatic heterocycles. The lowest BCUT2D eigenvalue weighted by Gasteiger charge is -2.34. The average molecular weight is 291 g/mol. The Morgan fingerprint density at radius 1 is 1.38 bits per heavy atom. The summed E-state index contributed by atoms with van der Waals surface area (Å²) in [5, 5.41) is 13.7. The van der Waals surface area contributed by atoms with Crippen LogP contribution in [0.4, 0.5) is 11.4 Å². The molecule has 1 fully saturated rings. The topological polar surface area (TPSA) is 98.3 Å². The van der Waals surface area contributed by atoms with Crippen molar-refractivity contribution in [2.24, 2.45) is 5.41 Å². The van der Waals surface area contributed by atoms with E-state index in [-0.39, 0.29) is 28.9 Å². The van der Waals surface area contributed by atoms with Gasteiger partial charge in [0.1, 0.15) is 0 Å². The first-order chi connectivity index (χ1) is 9.78. The first kappa shape index (κ1) is 15.3. The molecule has 0 radical (unpaired) electrons. The van der Waals surface area contributed by atoms with Gasteiger partial charge in [-0.3, -0.25) is 14.9 Å². The van der Waals surface area contributed by atoms with Gasteiger partial charge in [-0.1, -0.05) is 13.8 Å². The summed E-state index contributed by atoms with van der Waals surface area (Å²) in [6.07, 6.45) is 3.96. The van der Waals surface area contributed by atoms with Gasteiger partial charge in [-0.05, 0) is 37.2 Å². The zero-order valence-corrected chi connectivity index (χ0v) is 12.4. The van der Waals surface area contributed by atoms with Crippen molar-refractivity contribution in [2.45, 2.75) is 45.6 Å². The highest BCUT2D eigenvalue weighted by atomic mass is 16.6. The van der Waals surface area contributed by atoms with Gasteiger partial charge in [-0.15, -0.1) is 0 Å². The third-order valence-corrected chi connectivity index (χ3v) is 4.17. The van der Waals surface area contributed by atoms with Gasteiger partial charge in [0, 0.05) is 23.9 Å². The molecule has 1 amide bonds. The minimum absolute atomic E-state index is 0.115. The molecule has 0 unspecified atom stereocenters. The quantitative estimate of drug-likeness (QED) is 0.508. The summed E-state index contributed by atoms with van der Waals surface area (Å²) >= 11 is 0. The van der Waals surface area contributed by atoms with E-state index in [4.69, 9.17) is 5.73 Å². The number of nitrogen functional groups attached to an aromatic ring is 1. The highest BCUT2D eigenvalue weighted by Gasteiger charge is 2.28. The molecule has 1 aromatic carbocycles. The number of carbonyl (C=O) groups excluding carboxylic acids is 1. The fourth-order valence-electron chi connectivity index (χ4n) is 2.66. The van der Waals surface area contributed by atoms with E-state index < -0.39 is 4.92 Å². The molecule has 0 spiro atoms. The van der Waals surface area contributed by atoms with Crippen LogP contribution in [-0.2, 0) is 0 Å². The Labute approximate surface area is 123 Å². The number of non-ortho nitro benzene ring substituents is 1. The van der Waals surface area contributed by atoms with Gasteiger partial charge in [0.2, 0.25) is 0 Å². The van der Waals surface area contributed by atoms with Crippen molar-refractivity contribution in [3.8, 4) is 0 Å². The number of hydrogen-bond donors (Lipinski definition) is 2. The molecule has 0 atom stereocenters. The molecule has 6 nitrogen and oxygen atoms in total. The summed E-state index contributed by atoms with van der Waals surface area (Å²) in [5.41, 5.74) is 6.39. The van der Waals surface area contributed by atoms with Gasteiger partial charge in [-0.25, -0.2) is 0 Å². The molecule has 2 rings (SSSR count). The van der Waals surface area contributed by atoms with Crippen LogP contribution < -0.4 is 11.1 Å². The molecule has 114 valence electrons. The second-order valence-electron chi connectivity index (χ2n) is 6.44. The molecule has 0 aliphatic heterocycles. The van der Waals surface area contributed by atoms with Crippen molar-refractivity contribution in [3.63, 3.8) is 0 Å². The summed E-state index contributed by atoms with van der Waals surface area (Å²) in [6.45, 7) is 4.45. The van der Waals surface area contributed by atoms with Crippen LogP contribution in [0.5, 0.6) is 0 Å². The van der Waals surface area contributed by atoms with E-state index in [0.29, 0.717) is 5.41 Å². The Hall–Kier alpha value is -2.11. The van der Waals surface area contributed by atoms with Gasteiger partial charge in [0.05, 0.1) is 10.5 Å². The Balaban J connectivity index is 2.07. The predicted octanol–water partition coefficient (Wildman–Crippen LogP) is 2.88. The van der Waals surface area contributed by atoms with Crippen molar-refractivity contribution in [1.29, 1.82) is 0 Å². The molecular weight excluding hydrogens is 270 g/mol. The molecule has 6 heteroatoms. The van der Waals surface area contributed by atoms with E-state index >= 15 is 0 Å². The first-order valence-electron chi connectivity index (χ1n) is 7.13. The van der Waals surface area contributed by atoms with Crippen molar-refractivity contribution < 1.29 is 9.72 Å². The fourth-order valence-corrected chi connectivity index (χ4v) is 2.66. The number of carbonyl (C=O) groups is 1. The Morgan fingerprint density at radius 2 is 2.00 bits per heavy atom. The maximum absolute atomic E-state index is 12.3. The number of hydrogen-bond acceptors (Lipinski definition) is 4. The minimum atomic E-state index is -0.528. The number of benzene rings is 1. The van der Waals surface area contributed by atoms with Crippen LogP contribution in [-0.4, -0.2) is 16.9 Å². The smallest absolute Gasteiger partial charge is 0.270 e. The molecular formula is C15H21N3O3. The number of nitrogens with zero attached hydrogens (tertiary/aromatic N) is 1. The fraction of sp³-hybridized carbons (Fsp3) is 0.533. The van der Waals surface area contributed by atoms with Gasteiger partial charge >= 0.3 is 0 Å². The Bertz CT molecular complexity index is 559. The van der Waals surface area contributed by atoms with Gasteiger partial charge < -0.3 is 11.1 Å². The number of nitrogens with two attached hydrogens (primary N) is 1. The monoisotopic (exact) mass is 291 g/mol. The normalized spacial score (nSPS) is 18.2. The Morgan fingerprint density at radius 3 is 2.57 bits per heavy atom. The van der Waals surface area contributed by atoms with E-state index in [2.05, 4.69) is 19.2 Å². The number of nitro groups is 1. The number of anilines is 1. The van der Waals surface area contributed by atoms with Crippen LogP contribution in [0.3, 0.4) is 0 Å². The predicted molar refractivity (Wildman–Crippen MR) is 81.0 cm³/mol. The first-order valence-corrected chi connectivity index (χ1v) is 7.13. The van der Waals surface area contributed by atoms with Gasteiger partial charge in [-0.2, -0.15) is 0 Å². The molecule has 1 aromatic rings. The third kappa shape index (κ3) is 3.71. The largest absolute Gasteiger partial charge is 0.398 e. The summed E-state index contributed by atoms with van der Waals surface area (Å²) in [4.78, 5) is 22.5. The maximum atomic E-state index is 12.3. The lowest BCUT2D eigenvalue weighted by molar-refractivity contribution is -0.384. The average Bonchev–Trinajstić information content (AvgIpc) is 2.41. The lowest BCUT2D eigenvalue weighted by Crippen LogP contribution is -2.39. The zero-order chi connectivity index (χ0) is 15.6. The van der Waals surface area contributed by atoms with Crippen molar-refractivity contribution in [1.82, 2.24) is 5.32 Å². The lowest BCUT2D eigenvalue weighted by atomic mass is 9.75. The van der Waals surface area contributed by atoms with E-state index in [1.807, 2.05) is 0 Å². The van der Waals surface area contributed by atoms with Crippen LogP contribution in [0.1, 0.15) is 49.9 Å². The van der Waals surface area contributed by atoms with Crippen LogP contribution in [0, 0.1) is 15.5 Å². The summed E-state index contributed by atoms with van der Waals surface area (Å²) in [6, 6.07) is 4.05. The van der Waals surface area contributed by atoms with Crippen molar-refractivity contribution >= 4 is 17.3 Å². The maximum Gasteiger partial charge on any atom is 0.270 e. The van der Waals surface area contributed by atoms with Crippen molar-refractivity contribution in [2.75, 3.05) is 5.73 Å². The summed E-state index contributed by atoms with van der Waals surface area (Å²) in [7, 11) is 0. The molecule has 1 aliphatic carbocycles. The summed E-state index contributed by atoms with van der Waals surface area (Å²) in [5.74, 6) is -0.332. The highest BCUT2D eigenvalue weighted by Crippen LogP contribution is 2.35. The molecule has 21 heavy (non-hydrogen) atoms. The highest BCUT2D eigenvalue weighted by molar-refractivity contribution is 5.99. The van der Waals surface area contributed by atoms with E-state index in [1.165, 1.54) is 18.2 Å². The second kappa shape index (κ2) is 5.71. The van der Waals surface area contributed by atoms with Gasteiger partial charge in [0.25, 0.3) is 11.6 Å². The molecule has 1 saturated carbocycles. The SMILES string of the molecule is CC1(C)CCC(NC(=O)c2cc([N+](=O)[O-])ccc2N)CC1. The third-order valence-electron chi connectivity index (χ3n) is 4.17. The molecule has 1 aliphatic rings. The van der Waals surface area contributed by atoms with Crippen LogP contribution in [0.25, 0.3) is 0 Å². The zero-order valence-electron chi connectivity index (χ0n) is 12.4. The van der Waals surface area contributed by atoms with E-state index in [9.17, 15) is 14.9 Å². The van der Waals surface area contributed by atoms with Crippen LogP contribution >= 0.6 is 0 Å². The minimum Gasteiger partial charge on any atom is -0.398 e. The van der Waals surface area contributed by atoms with E-state index in [0.717, 1.165) is 25.7 Å². The molecule has 0 heterocycles. The van der Waals surface area contributed by atoms with E-state index in [1.54, 1.807) is 0 Å². The number of amides is 1. The Kier molecular flexibility index (Phi) is 4.16. The number of rotatable bonds is 3. The molecule has 0 bridgehead atoms. The molecule has 0 saturated heterocycles. The van der Waals surface area contributed by atoms with Crippen LogP contribution in [0.15, 0.2) is 18.2 Å². The van der Waals surface area contributed by atoms with Crippen molar-refractivity contribution in [3.05, 3.63) is 33.9 Å². The number of nitro benzene ring substituents is 1. The second-order valence-corrected chi connectivity index (χ2v) is 6.44. The van der Waals surface area contributed by atoms with Crippen LogP contribution in [0.2, 0.25) is 0 Å². The van der Waals surface area contributed by atoms with Gasteiger partial charge in [0.15, 0.2) is 0 Å². The number of nitrogens with one attached hydrogen (secondary N) is 1.